The number of rotatable bonds is 4. The van der Waals surface area contributed by atoms with E-state index in [-0.39, 0.29) is 18.1 Å². The highest BCUT2D eigenvalue weighted by molar-refractivity contribution is 5.81. The number of hydrogen-bond donors (Lipinski definition) is 1. The summed E-state index contributed by atoms with van der Waals surface area (Å²) in [7, 11) is 0. The maximum atomic E-state index is 12.8. The Bertz CT molecular complexity index is 762. The van der Waals surface area contributed by atoms with Crippen LogP contribution in [-0.4, -0.2) is 45.0 Å². The molecule has 138 valence electrons. The third-order valence-electron chi connectivity index (χ3n) is 5.34. The Morgan fingerprint density at radius 2 is 2.12 bits per heavy atom. The van der Waals surface area contributed by atoms with Crippen molar-refractivity contribution in [3.05, 3.63) is 36.0 Å². The van der Waals surface area contributed by atoms with Crippen LogP contribution in [0.5, 0.6) is 0 Å². The first kappa shape index (κ1) is 17.2. The summed E-state index contributed by atoms with van der Waals surface area (Å²) in [6.45, 7) is 5.75. The Morgan fingerprint density at radius 3 is 2.81 bits per heavy atom. The molecule has 2 fully saturated rings. The van der Waals surface area contributed by atoms with E-state index in [0.717, 1.165) is 55.0 Å². The number of amides is 1. The van der Waals surface area contributed by atoms with Crippen LogP contribution in [0.15, 0.2) is 24.5 Å². The van der Waals surface area contributed by atoms with Crippen molar-refractivity contribution in [2.45, 2.75) is 57.6 Å². The van der Waals surface area contributed by atoms with E-state index < -0.39 is 0 Å². The molecule has 0 aromatic carbocycles. The number of pyridine rings is 1. The Labute approximate surface area is 154 Å². The predicted molar refractivity (Wildman–Crippen MR) is 98.6 cm³/mol. The molecule has 2 aliphatic heterocycles. The number of carbonyl (C=O) groups is 1. The highest BCUT2D eigenvalue weighted by Crippen LogP contribution is 2.33. The van der Waals surface area contributed by atoms with Crippen LogP contribution in [0.25, 0.3) is 11.3 Å². The first-order valence-corrected chi connectivity index (χ1v) is 9.57. The van der Waals surface area contributed by atoms with Crippen molar-refractivity contribution in [2.75, 3.05) is 13.2 Å². The second-order valence-electron chi connectivity index (χ2n) is 7.50. The molecule has 0 radical (unpaired) electrons. The lowest BCUT2D eigenvalue weighted by Crippen LogP contribution is -2.38. The average molecular weight is 354 g/mol. The Morgan fingerprint density at radius 1 is 1.23 bits per heavy atom. The van der Waals surface area contributed by atoms with Gasteiger partial charge in [0.15, 0.2) is 0 Å². The van der Waals surface area contributed by atoms with Crippen LogP contribution in [0.2, 0.25) is 0 Å². The quantitative estimate of drug-likeness (QED) is 0.913. The molecule has 1 amide bonds. The zero-order chi connectivity index (χ0) is 18.1. The van der Waals surface area contributed by atoms with Gasteiger partial charge in [0.05, 0.1) is 17.9 Å². The normalized spacial score (nSPS) is 23.1. The van der Waals surface area contributed by atoms with E-state index in [9.17, 15) is 4.79 Å². The Hall–Kier alpha value is -2.21. The van der Waals surface area contributed by atoms with E-state index >= 15 is 0 Å². The van der Waals surface area contributed by atoms with Gasteiger partial charge < -0.3 is 14.6 Å². The summed E-state index contributed by atoms with van der Waals surface area (Å²) in [5, 5.41) is 0. The zero-order valence-electron chi connectivity index (χ0n) is 15.4. The fourth-order valence-corrected chi connectivity index (χ4v) is 3.83. The van der Waals surface area contributed by atoms with E-state index in [1.807, 2.05) is 17.3 Å². The number of H-pyrrole nitrogens is 1. The van der Waals surface area contributed by atoms with Crippen LogP contribution in [0.3, 0.4) is 0 Å². The van der Waals surface area contributed by atoms with Crippen molar-refractivity contribution < 1.29 is 9.53 Å². The lowest BCUT2D eigenvalue weighted by molar-refractivity contribution is -0.142. The molecule has 4 heterocycles. The maximum absolute atomic E-state index is 12.8. The summed E-state index contributed by atoms with van der Waals surface area (Å²) in [5.41, 5.74) is 3.04. The van der Waals surface area contributed by atoms with E-state index in [1.165, 1.54) is 0 Å². The minimum Gasteiger partial charge on any atom is -0.368 e. The zero-order valence-corrected chi connectivity index (χ0v) is 15.4. The summed E-state index contributed by atoms with van der Waals surface area (Å²) in [6, 6.07) is 4.15. The average Bonchev–Trinajstić information content (AvgIpc) is 3.42. The van der Waals surface area contributed by atoms with Gasteiger partial charge in [-0.1, -0.05) is 13.8 Å². The van der Waals surface area contributed by atoms with Crippen molar-refractivity contribution in [3.8, 4) is 11.3 Å². The van der Waals surface area contributed by atoms with Crippen molar-refractivity contribution in [2.24, 2.45) is 0 Å². The molecule has 4 rings (SSSR count). The number of likely N-dealkylation sites (tertiary alicyclic amines) is 1. The van der Waals surface area contributed by atoms with Gasteiger partial charge in [0.2, 0.25) is 0 Å². The minimum absolute atomic E-state index is 0.0170. The third-order valence-corrected chi connectivity index (χ3v) is 5.34. The SMILES string of the molecule is CC(C)c1ccc(-c2cnc(C3CCCN3C(=O)C3CCCO3)[nH]2)cn1. The molecular weight excluding hydrogens is 328 g/mol. The van der Waals surface area contributed by atoms with Gasteiger partial charge in [0.1, 0.15) is 11.9 Å². The summed E-state index contributed by atoms with van der Waals surface area (Å²) < 4.78 is 5.59. The number of aromatic nitrogens is 3. The number of aromatic amines is 1. The molecule has 2 saturated heterocycles. The summed E-state index contributed by atoms with van der Waals surface area (Å²) in [5.74, 6) is 1.39. The van der Waals surface area contributed by atoms with Crippen molar-refractivity contribution >= 4 is 5.91 Å². The number of carbonyl (C=O) groups excluding carboxylic acids is 1. The molecule has 2 aliphatic rings. The van der Waals surface area contributed by atoms with Crippen LogP contribution in [0, 0.1) is 0 Å². The van der Waals surface area contributed by atoms with E-state index in [2.05, 4.69) is 40.9 Å². The second kappa shape index (κ2) is 7.19. The fraction of sp³-hybridized carbons (Fsp3) is 0.550. The fourth-order valence-electron chi connectivity index (χ4n) is 3.83. The molecular formula is C20H26N4O2. The van der Waals surface area contributed by atoms with Crippen LogP contribution >= 0.6 is 0 Å². The van der Waals surface area contributed by atoms with E-state index in [0.29, 0.717) is 12.5 Å². The summed E-state index contributed by atoms with van der Waals surface area (Å²) in [4.78, 5) is 27.2. The Balaban J connectivity index is 1.52. The lowest BCUT2D eigenvalue weighted by Gasteiger charge is -2.25. The van der Waals surface area contributed by atoms with Gasteiger partial charge in [-0.05, 0) is 43.7 Å². The van der Waals surface area contributed by atoms with Crippen molar-refractivity contribution in [1.82, 2.24) is 19.9 Å². The largest absolute Gasteiger partial charge is 0.368 e. The predicted octanol–water partition coefficient (Wildman–Crippen LogP) is 3.44. The van der Waals surface area contributed by atoms with Gasteiger partial charge in [-0.15, -0.1) is 0 Å². The number of nitrogens with one attached hydrogen (secondary N) is 1. The minimum atomic E-state index is -0.266. The highest BCUT2D eigenvalue weighted by Gasteiger charge is 2.37. The molecule has 1 N–H and O–H groups in total. The van der Waals surface area contributed by atoms with Gasteiger partial charge in [-0.2, -0.15) is 0 Å². The number of hydrogen-bond acceptors (Lipinski definition) is 4. The van der Waals surface area contributed by atoms with Gasteiger partial charge in [0, 0.05) is 30.6 Å². The first-order chi connectivity index (χ1) is 12.6. The standard InChI is InChI=1S/C20H26N4O2/c1-13(2)15-8-7-14(11-21-15)16-12-22-19(23-16)17-5-3-9-24(17)20(25)18-6-4-10-26-18/h7-8,11-13,17-18H,3-6,9-10H2,1-2H3,(H,22,23). The van der Waals surface area contributed by atoms with Gasteiger partial charge in [0.25, 0.3) is 5.91 Å². The first-order valence-electron chi connectivity index (χ1n) is 9.57. The van der Waals surface area contributed by atoms with Gasteiger partial charge in [-0.25, -0.2) is 4.98 Å². The number of nitrogens with zero attached hydrogens (tertiary/aromatic N) is 3. The molecule has 0 aliphatic carbocycles. The van der Waals surface area contributed by atoms with Gasteiger partial charge >= 0.3 is 0 Å². The molecule has 0 spiro atoms. The molecule has 26 heavy (non-hydrogen) atoms. The lowest BCUT2D eigenvalue weighted by atomic mass is 10.1. The molecule has 2 unspecified atom stereocenters. The molecule has 2 atom stereocenters. The maximum Gasteiger partial charge on any atom is 0.252 e. The molecule has 2 aromatic rings. The van der Waals surface area contributed by atoms with Gasteiger partial charge in [-0.3, -0.25) is 9.78 Å². The monoisotopic (exact) mass is 354 g/mol. The highest BCUT2D eigenvalue weighted by atomic mass is 16.5. The number of ether oxygens (including phenoxy) is 1. The second-order valence-corrected chi connectivity index (χ2v) is 7.50. The van der Waals surface area contributed by atoms with E-state index in [4.69, 9.17) is 4.74 Å². The van der Waals surface area contributed by atoms with Crippen LogP contribution in [0.1, 0.15) is 63.0 Å². The van der Waals surface area contributed by atoms with Crippen molar-refractivity contribution in [3.63, 3.8) is 0 Å². The summed E-state index contributed by atoms with van der Waals surface area (Å²) >= 11 is 0. The third kappa shape index (κ3) is 3.26. The molecule has 6 heteroatoms. The molecule has 0 saturated carbocycles. The molecule has 2 aromatic heterocycles. The Kier molecular flexibility index (Phi) is 4.76. The summed E-state index contributed by atoms with van der Waals surface area (Å²) in [6.07, 6.45) is 7.21. The molecule has 6 nitrogen and oxygen atoms in total. The smallest absolute Gasteiger partial charge is 0.252 e. The van der Waals surface area contributed by atoms with Crippen molar-refractivity contribution in [1.29, 1.82) is 0 Å². The topological polar surface area (TPSA) is 71.1 Å². The van der Waals surface area contributed by atoms with E-state index in [1.54, 1.807) is 0 Å². The molecule has 0 bridgehead atoms. The van der Waals surface area contributed by atoms with Crippen LogP contribution in [-0.2, 0) is 9.53 Å². The number of imidazole rings is 1. The van der Waals surface area contributed by atoms with Crippen LogP contribution < -0.4 is 0 Å². The van der Waals surface area contributed by atoms with Crippen LogP contribution in [0.4, 0.5) is 0 Å².